The molecule has 11 heteroatoms. The third kappa shape index (κ3) is 11.4. The topological polar surface area (TPSA) is 134 Å². The second kappa shape index (κ2) is 14.8. The highest BCUT2D eigenvalue weighted by Gasteiger charge is 2.28. The van der Waals surface area contributed by atoms with Gasteiger partial charge in [-0.05, 0) is 32.9 Å². The average molecular weight is 482 g/mol. The van der Waals surface area contributed by atoms with Crippen molar-refractivity contribution in [3.63, 3.8) is 0 Å². The van der Waals surface area contributed by atoms with Crippen molar-refractivity contribution in [1.29, 1.82) is 0 Å². The van der Waals surface area contributed by atoms with Crippen LogP contribution >= 0.6 is 0 Å². The molecule has 11 nitrogen and oxygen atoms in total. The van der Waals surface area contributed by atoms with Crippen molar-refractivity contribution in [3.8, 4) is 0 Å². The number of carboxylic acid groups (broad SMARTS) is 1. The quantitative estimate of drug-likeness (QED) is 0.136. The van der Waals surface area contributed by atoms with Gasteiger partial charge in [-0.25, -0.2) is 0 Å². The van der Waals surface area contributed by atoms with E-state index in [1.165, 1.54) is 0 Å². The summed E-state index contributed by atoms with van der Waals surface area (Å²) in [6, 6.07) is 0.415. The number of likely N-dealkylation sites (N-methyl/N-ethyl adjacent to an activating group) is 1. The van der Waals surface area contributed by atoms with Gasteiger partial charge < -0.3 is 26.0 Å². The number of hydrogen-bond acceptors (Lipinski definition) is 7. The number of amides is 3. The number of aliphatic carboxylic acids is 1. The molecular formula is C22H40N6O5. The molecule has 4 N–H and O–H groups in total. The lowest BCUT2D eigenvalue weighted by atomic mass is 10.3. The molecule has 3 amide bonds. The SMILES string of the molecule is [13CH3]N1CCN([13CH2][13CH]2[13CH2][13CH2][13CH2][15N]2CC(=O)[15NH][13CH2][13CH2][13C](=O)[15NH]C[13CH2][13C](=O)NCCCC(=O)O)CC1. The molecule has 2 saturated heterocycles. The van der Waals surface area contributed by atoms with Crippen molar-refractivity contribution in [2.45, 2.75) is 44.6 Å². The van der Waals surface area contributed by atoms with E-state index in [9.17, 15) is 19.2 Å². The van der Waals surface area contributed by atoms with Crippen LogP contribution in [0.2, 0.25) is 0 Å². The van der Waals surface area contributed by atoms with Crippen LogP contribution in [0.1, 0.15) is 38.5 Å². The fourth-order valence-corrected chi connectivity index (χ4v) is 4.15. The normalized spacial score (nSPS) is 19.8. The highest BCUT2D eigenvalue weighted by atomic mass is 16.4. The van der Waals surface area contributed by atoms with Gasteiger partial charge in [0.25, 0.3) is 0 Å². The molecule has 0 aliphatic carbocycles. The van der Waals surface area contributed by atoms with E-state index in [0.29, 0.717) is 25.6 Å². The van der Waals surface area contributed by atoms with Crippen LogP contribution in [0.4, 0.5) is 0 Å². The van der Waals surface area contributed by atoms with E-state index in [4.69, 9.17) is 5.11 Å². The van der Waals surface area contributed by atoms with E-state index in [1.54, 1.807) is 0 Å². The molecular weight excluding hydrogens is 442 g/mol. The van der Waals surface area contributed by atoms with Gasteiger partial charge in [-0.3, -0.25) is 29.0 Å². The van der Waals surface area contributed by atoms with Crippen LogP contribution in [0.5, 0.6) is 0 Å². The van der Waals surface area contributed by atoms with Gasteiger partial charge in [0.2, 0.25) is 17.7 Å². The Hall–Kier alpha value is -2.24. The summed E-state index contributed by atoms with van der Waals surface area (Å²) in [7, 11) is 2.15. The zero-order valence-electron chi connectivity index (χ0n) is 19.8. The fourth-order valence-electron chi connectivity index (χ4n) is 4.15. The first-order valence-electron chi connectivity index (χ1n) is 12.0. The summed E-state index contributed by atoms with van der Waals surface area (Å²) >= 11 is 0. The lowest BCUT2D eigenvalue weighted by molar-refractivity contribution is -0.137. The fraction of sp³-hybridized carbons (Fsp3) is 0.818. The standard InChI is InChI=1S/C22H40N6O5/c1-26-12-14-27(15-13-26)16-18-4-3-11-28(18)17-21(31)25-10-7-20(30)24-9-6-19(29)23-8-2-5-22(32)33/h18H,2-17H2,1H3,(H,23,29)(H,24,30)(H,25,31)(H,32,33)/i1+1,3+1,4+1,6+1,7+1,10+1,11+1,16+1,18+1,19+1,20+1,24+1,25+1,28+1. The third-order valence-electron chi connectivity index (χ3n) is 6.15. The molecule has 0 saturated carbocycles. The van der Waals surface area contributed by atoms with Crippen molar-refractivity contribution < 1.29 is 24.3 Å². The predicted molar refractivity (Wildman–Crippen MR) is 124 cm³/mol. The summed E-state index contributed by atoms with van der Waals surface area (Å²) < 4.78 is 0. The smallest absolute Gasteiger partial charge is 0.303 e. The van der Waals surface area contributed by atoms with Gasteiger partial charge in [0.05, 0.1) is 6.54 Å². The molecule has 2 rings (SSSR count). The average Bonchev–Trinajstić information content (AvgIpc) is 3.19. The second-order valence-electron chi connectivity index (χ2n) is 8.92. The number of carbonyl (C=O) groups is 4. The van der Waals surface area contributed by atoms with Crippen LogP contribution in [0.15, 0.2) is 0 Å². The number of rotatable bonds is 14. The van der Waals surface area contributed by atoms with Gasteiger partial charge in [0, 0.05) is 77.7 Å². The zero-order valence-corrected chi connectivity index (χ0v) is 19.8. The van der Waals surface area contributed by atoms with Crippen LogP contribution in [0, 0.1) is 0 Å². The second-order valence-corrected chi connectivity index (χ2v) is 8.92. The minimum atomic E-state index is -0.894. The van der Waals surface area contributed by atoms with E-state index in [1.807, 2.05) is 0 Å². The van der Waals surface area contributed by atoms with Gasteiger partial charge in [-0.1, -0.05) is 0 Å². The minimum Gasteiger partial charge on any atom is -0.481 e. The van der Waals surface area contributed by atoms with E-state index < -0.39 is 5.97 Å². The van der Waals surface area contributed by atoms with Gasteiger partial charge in [0.1, 0.15) is 0 Å². The highest BCUT2D eigenvalue weighted by Crippen LogP contribution is 2.18. The maximum atomic E-state index is 12.3. The van der Waals surface area contributed by atoms with E-state index in [2.05, 4.69) is 37.7 Å². The minimum absolute atomic E-state index is 0.0113. The molecule has 0 bridgehead atoms. The largest absolute Gasteiger partial charge is 0.481 e. The summed E-state index contributed by atoms with van der Waals surface area (Å²) in [4.78, 5) is 53.4. The zero-order chi connectivity index (χ0) is 24.1. The molecule has 2 aliphatic rings. The van der Waals surface area contributed by atoms with Crippen LogP contribution < -0.4 is 16.0 Å². The Labute approximate surface area is 196 Å². The Morgan fingerprint density at radius 3 is 2.06 bits per heavy atom. The van der Waals surface area contributed by atoms with Gasteiger partial charge in [-0.2, -0.15) is 0 Å². The van der Waals surface area contributed by atoms with Crippen molar-refractivity contribution in [3.05, 3.63) is 0 Å². The molecule has 1 atom stereocenters. The number of piperazine rings is 1. The molecule has 2 heterocycles. The molecule has 0 aromatic heterocycles. The molecule has 2 aliphatic heterocycles. The number of nitrogens with zero attached hydrogens (tertiary/aromatic N) is 3. The molecule has 0 aromatic rings. The maximum Gasteiger partial charge on any atom is 0.303 e. The number of carboxylic acids is 1. The van der Waals surface area contributed by atoms with Crippen LogP contribution in [-0.4, -0.2) is 122 Å². The Bertz CT molecular complexity index is 653. The van der Waals surface area contributed by atoms with Crippen LogP contribution in [0.25, 0.3) is 0 Å². The Morgan fingerprint density at radius 1 is 0.818 bits per heavy atom. The number of likely N-dealkylation sites (tertiary alicyclic amines) is 1. The molecule has 2 fully saturated rings. The van der Waals surface area contributed by atoms with Crippen LogP contribution in [-0.2, 0) is 19.2 Å². The number of carbonyl (C=O) groups excluding carboxylic acids is 3. The van der Waals surface area contributed by atoms with Gasteiger partial charge in [0.15, 0.2) is 0 Å². The van der Waals surface area contributed by atoms with Crippen molar-refractivity contribution in [1.82, 2.24) is 30.7 Å². The maximum absolute atomic E-state index is 12.3. The predicted octanol–water partition coefficient (Wildman–Crippen LogP) is -1.31. The first kappa shape index (κ1) is 27.0. The van der Waals surface area contributed by atoms with Gasteiger partial charge in [-0.15, -0.1) is 0 Å². The molecule has 0 aromatic carbocycles. The monoisotopic (exact) mass is 482 g/mol. The Kier molecular flexibility index (Phi) is 12.1. The summed E-state index contributed by atoms with van der Waals surface area (Å²) in [5, 5.41) is 16.6. The number of hydrogen-bond donors (Lipinski definition) is 4. The van der Waals surface area contributed by atoms with Crippen molar-refractivity contribution in [2.24, 2.45) is 0 Å². The highest BCUT2D eigenvalue weighted by molar-refractivity contribution is 5.81. The van der Waals surface area contributed by atoms with E-state index in [0.717, 1.165) is 52.1 Å². The Balaban J connectivity index is 1.52. The lowest BCUT2D eigenvalue weighted by Crippen LogP contribution is -2.50. The van der Waals surface area contributed by atoms with Crippen LogP contribution in [0.3, 0.4) is 0 Å². The molecule has 33 heavy (non-hydrogen) atoms. The first-order chi connectivity index (χ1) is 15.8. The molecule has 188 valence electrons. The first-order valence-corrected chi connectivity index (χ1v) is 12.0. The summed E-state index contributed by atoms with van der Waals surface area (Å²) in [6.07, 6.45) is 2.92. The molecule has 0 radical (unpaired) electrons. The molecule has 1 unspecified atom stereocenters. The van der Waals surface area contributed by atoms with E-state index >= 15 is 0 Å². The van der Waals surface area contributed by atoms with Crippen molar-refractivity contribution in [2.75, 3.05) is 72.5 Å². The molecule has 0 spiro atoms. The van der Waals surface area contributed by atoms with E-state index in [-0.39, 0.29) is 50.1 Å². The summed E-state index contributed by atoms with van der Waals surface area (Å²) in [6.45, 7) is 7.42. The summed E-state index contributed by atoms with van der Waals surface area (Å²) in [5.41, 5.74) is 0. The van der Waals surface area contributed by atoms with Crippen molar-refractivity contribution >= 4 is 23.7 Å². The lowest BCUT2D eigenvalue weighted by Gasteiger charge is -2.36. The summed E-state index contributed by atoms with van der Waals surface area (Å²) in [5.74, 6) is -1.41. The number of nitrogens with one attached hydrogen (secondary N) is 3. The van der Waals surface area contributed by atoms with Gasteiger partial charge >= 0.3 is 5.97 Å². The Morgan fingerprint density at radius 2 is 1.42 bits per heavy atom. The third-order valence-corrected chi connectivity index (χ3v) is 6.15.